The molecule has 3 rings (SSSR count). The molecule has 27 heavy (non-hydrogen) atoms. The quantitative estimate of drug-likeness (QED) is 0.611. The molecule has 0 aliphatic carbocycles. The summed E-state index contributed by atoms with van der Waals surface area (Å²) in [6.07, 6.45) is 0. The maximum absolute atomic E-state index is 10.4. The van der Waals surface area contributed by atoms with Crippen molar-refractivity contribution in [2.45, 2.75) is 26.3 Å². The molecule has 7 heteroatoms. The Bertz CT molecular complexity index is 986. The molecule has 0 aliphatic rings. The average Bonchev–Trinajstić information content (AvgIpc) is 3.01. The number of hydrogen-bond donors (Lipinski definition) is 2. The van der Waals surface area contributed by atoms with Crippen LogP contribution in [0.5, 0.6) is 17.2 Å². The first-order chi connectivity index (χ1) is 12.9. The number of ether oxygens (including phenoxy) is 2. The third kappa shape index (κ3) is 3.98. The minimum absolute atomic E-state index is 0.165. The Kier molecular flexibility index (Phi) is 5.51. The van der Waals surface area contributed by atoms with Gasteiger partial charge in [0.05, 0.1) is 26.3 Å². The highest BCUT2D eigenvalue weighted by molar-refractivity contribution is 7.71. The number of hydrogen-bond acceptors (Lipinski definition) is 5. The van der Waals surface area contributed by atoms with E-state index in [9.17, 15) is 5.11 Å². The van der Waals surface area contributed by atoms with Crippen molar-refractivity contribution in [3.8, 4) is 28.6 Å². The summed E-state index contributed by atoms with van der Waals surface area (Å²) in [4.78, 5) is 0. The van der Waals surface area contributed by atoms with E-state index < -0.39 is 0 Å². The molecule has 0 fully saturated rings. The Balaban J connectivity index is 2.07. The van der Waals surface area contributed by atoms with Crippen LogP contribution < -0.4 is 9.47 Å². The lowest BCUT2D eigenvalue weighted by atomic mass is 10.00. The number of aromatic hydroxyl groups is 1. The highest BCUT2D eigenvalue weighted by Gasteiger charge is 2.15. The van der Waals surface area contributed by atoms with Crippen molar-refractivity contribution < 1.29 is 14.6 Å². The molecule has 1 heterocycles. The van der Waals surface area contributed by atoms with Crippen LogP contribution in [-0.4, -0.2) is 34.1 Å². The van der Waals surface area contributed by atoms with Crippen LogP contribution in [-0.2, 0) is 6.54 Å². The molecule has 0 amide bonds. The van der Waals surface area contributed by atoms with Gasteiger partial charge in [-0.15, -0.1) is 0 Å². The minimum Gasteiger partial charge on any atom is -0.507 e. The molecule has 0 saturated heterocycles. The average molecular weight is 385 g/mol. The fourth-order valence-corrected chi connectivity index (χ4v) is 3.10. The molecule has 2 N–H and O–H groups in total. The highest BCUT2D eigenvalue weighted by atomic mass is 32.1. The summed E-state index contributed by atoms with van der Waals surface area (Å²) in [5.74, 6) is 2.48. The first-order valence-corrected chi connectivity index (χ1v) is 9.04. The maximum atomic E-state index is 10.4. The topological polar surface area (TPSA) is 72.3 Å². The Morgan fingerprint density at radius 3 is 2.37 bits per heavy atom. The lowest BCUT2D eigenvalue weighted by Crippen LogP contribution is -2.04. The fraction of sp³-hybridized carbons (Fsp3) is 0.300. The number of rotatable bonds is 6. The van der Waals surface area contributed by atoms with E-state index in [0.29, 0.717) is 40.1 Å². The van der Waals surface area contributed by atoms with Gasteiger partial charge >= 0.3 is 0 Å². The van der Waals surface area contributed by atoms with Crippen molar-refractivity contribution in [1.29, 1.82) is 0 Å². The molecule has 2 aromatic carbocycles. The third-order valence-corrected chi connectivity index (χ3v) is 4.75. The summed E-state index contributed by atoms with van der Waals surface area (Å²) >= 11 is 5.42. The van der Waals surface area contributed by atoms with E-state index in [2.05, 4.69) is 24.0 Å². The number of phenols is 1. The number of nitrogens with one attached hydrogen (secondary N) is 1. The van der Waals surface area contributed by atoms with E-state index in [1.807, 2.05) is 34.9 Å². The van der Waals surface area contributed by atoms with Gasteiger partial charge in [-0.05, 0) is 53.5 Å². The second-order valence-corrected chi connectivity index (χ2v) is 6.98. The van der Waals surface area contributed by atoms with Gasteiger partial charge in [0.15, 0.2) is 10.6 Å². The zero-order valence-corrected chi connectivity index (χ0v) is 16.6. The zero-order valence-electron chi connectivity index (χ0n) is 15.8. The van der Waals surface area contributed by atoms with Crippen molar-refractivity contribution in [3.05, 3.63) is 52.3 Å². The van der Waals surface area contributed by atoms with Crippen LogP contribution in [0.25, 0.3) is 11.4 Å². The van der Waals surface area contributed by atoms with Gasteiger partial charge < -0.3 is 14.6 Å². The Morgan fingerprint density at radius 2 is 1.78 bits per heavy atom. The lowest BCUT2D eigenvalue weighted by Gasteiger charge is -2.13. The molecule has 142 valence electrons. The number of nitrogens with zero attached hydrogens (tertiary/aromatic N) is 2. The van der Waals surface area contributed by atoms with Crippen LogP contribution in [0.4, 0.5) is 0 Å². The van der Waals surface area contributed by atoms with Crippen molar-refractivity contribution in [3.63, 3.8) is 0 Å². The van der Waals surface area contributed by atoms with Crippen molar-refractivity contribution in [2.24, 2.45) is 0 Å². The number of phenolic OH excluding ortho intramolecular Hbond substituents is 1. The van der Waals surface area contributed by atoms with Gasteiger partial charge in [0, 0.05) is 6.07 Å². The third-order valence-electron chi connectivity index (χ3n) is 4.44. The molecular formula is C20H23N3O3S. The van der Waals surface area contributed by atoms with E-state index >= 15 is 0 Å². The van der Waals surface area contributed by atoms with Crippen LogP contribution in [0.1, 0.15) is 30.9 Å². The lowest BCUT2D eigenvalue weighted by molar-refractivity contribution is 0.393. The largest absolute Gasteiger partial charge is 0.507 e. The molecule has 0 saturated carbocycles. The first-order valence-electron chi connectivity index (χ1n) is 8.63. The summed E-state index contributed by atoms with van der Waals surface area (Å²) in [7, 11) is 3.23. The van der Waals surface area contributed by atoms with Crippen molar-refractivity contribution in [2.75, 3.05) is 14.2 Å². The zero-order chi connectivity index (χ0) is 19.6. The maximum Gasteiger partial charge on any atom is 0.195 e. The van der Waals surface area contributed by atoms with Gasteiger partial charge in [0.2, 0.25) is 0 Å². The molecule has 0 atom stereocenters. The standard InChI is InChI=1S/C20H23N3O3S/c1-12(2)14-5-6-18(24)17(9-14)19-21-22-20(27)23(19)11-13-7-15(25-3)10-16(8-13)26-4/h5-10,12,24H,11H2,1-4H3,(H,22,27). The number of aromatic nitrogens is 3. The smallest absolute Gasteiger partial charge is 0.195 e. The SMILES string of the molecule is COc1cc(Cn2c(-c3cc(C(C)C)ccc3O)n[nH]c2=S)cc(OC)c1. The molecular weight excluding hydrogens is 362 g/mol. The number of aromatic amines is 1. The molecule has 1 aromatic heterocycles. The highest BCUT2D eigenvalue weighted by Crippen LogP contribution is 2.32. The molecule has 0 radical (unpaired) electrons. The van der Waals surface area contributed by atoms with E-state index in [4.69, 9.17) is 21.7 Å². The Morgan fingerprint density at radius 1 is 1.11 bits per heavy atom. The van der Waals surface area contributed by atoms with Gasteiger partial charge in [-0.3, -0.25) is 9.67 Å². The Labute approximate surface area is 163 Å². The van der Waals surface area contributed by atoms with Crippen molar-refractivity contribution >= 4 is 12.2 Å². The van der Waals surface area contributed by atoms with Crippen LogP contribution in [0.3, 0.4) is 0 Å². The second-order valence-electron chi connectivity index (χ2n) is 6.59. The van der Waals surface area contributed by atoms with Gasteiger partial charge in [0.1, 0.15) is 17.2 Å². The summed E-state index contributed by atoms with van der Waals surface area (Å²) in [6.45, 7) is 4.68. The minimum atomic E-state index is 0.165. The van der Waals surface area contributed by atoms with Gasteiger partial charge in [-0.25, -0.2) is 0 Å². The molecule has 6 nitrogen and oxygen atoms in total. The summed E-state index contributed by atoms with van der Waals surface area (Å²) < 4.78 is 13.0. The van der Waals surface area contributed by atoms with Crippen LogP contribution in [0.2, 0.25) is 0 Å². The summed E-state index contributed by atoms with van der Waals surface area (Å²) in [5, 5.41) is 17.6. The van der Waals surface area contributed by atoms with E-state index in [1.165, 1.54) is 0 Å². The second kappa shape index (κ2) is 7.84. The molecule has 0 aliphatic heterocycles. The summed E-state index contributed by atoms with van der Waals surface area (Å²) in [6, 6.07) is 11.2. The number of H-pyrrole nitrogens is 1. The van der Waals surface area contributed by atoms with Crippen LogP contribution >= 0.6 is 12.2 Å². The van der Waals surface area contributed by atoms with Gasteiger partial charge in [0.25, 0.3) is 0 Å². The summed E-state index contributed by atoms with van der Waals surface area (Å²) in [5.41, 5.74) is 2.71. The van der Waals surface area contributed by atoms with Crippen LogP contribution in [0, 0.1) is 4.77 Å². The van der Waals surface area contributed by atoms with Gasteiger partial charge in [-0.1, -0.05) is 19.9 Å². The van der Waals surface area contributed by atoms with E-state index in [0.717, 1.165) is 11.1 Å². The number of methoxy groups -OCH3 is 2. The molecule has 0 bridgehead atoms. The fourth-order valence-electron chi connectivity index (χ4n) is 2.90. The molecule has 3 aromatic rings. The monoisotopic (exact) mass is 385 g/mol. The molecule has 0 unspecified atom stereocenters. The number of benzene rings is 2. The Hall–Kier alpha value is -2.80. The molecule has 0 spiro atoms. The van der Waals surface area contributed by atoms with Gasteiger partial charge in [-0.2, -0.15) is 5.10 Å². The van der Waals surface area contributed by atoms with E-state index in [-0.39, 0.29) is 5.75 Å². The first kappa shape index (κ1) is 19.0. The normalized spacial score (nSPS) is 11.0. The predicted octanol–water partition coefficient (Wildman–Crippen LogP) is 4.50. The predicted molar refractivity (Wildman–Crippen MR) is 107 cm³/mol. The van der Waals surface area contributed by atoms with Crippen LogP contribution in [0.15, 0.2) is 36.4 Å². The van der Waals surface area contributed by atoms with E-state index in [1.54, 1.807) is 20.3 Å². The van der Waals surface area contributed by atoms with Crippen molar-refractivity contribution in [1.82, 2.24) is 14.8 Å².